The minimum atomic E-state index is -0.790. The second-order valence-corrected chi connectivity index (χ2v) is 6.07. The van der Waals surface area contributed by atoms with Gasteiger partial charge in [0.2, 0.25) is 0 Å². The van der Waals surface area contributed by atoms with E-state index < -0.39 is 17.5 Å². The van der Waals surface area contributed by atoms with E-state index in [0.717, 1.165) is 41.4 Å². The molecule has 0 spiro atoms. The summed E-state index contributed by atoms with van der Waals surface area (Å²) in [6.45, 7) is 4.69. The zero-order chi connectivity index (χ0) is 18.0. The van der Waals surface area contributed by atoms with Crippen LogP contribution in [0.25, 0.3) is 10.9 Å². The third-order valence-corrected chi connectivity index (χ3v) is 4.35. The Morgan fingerprint density at radius 2 is 1.92 bits per heavy atom. The number of hydrogen-bond donors (Lipinski definition) is 1. The normalized spacial score (nSPS) is 11.0. The molecule has 25 heavy (non-hydrogen) atoms. The topological polar surface area (TPSA) is 34.0 Å². The van der Waals surface area contributed by atoms with Crippen molar-refractivity contribution in [3.63, 3.8) is 0 Å². The molecule has 0 aliphatic heterocycles. The number of carbonyl (C=O) groups is 1. The van der Waals surface area contributed by atoms with Gasteiger partial charge in [0.05, 0.1) is 5.69 Å². The van der Waals surface area contributed by atoms with Crippen molar-refractivity contribution in [1.29, 1.82) is 0 Å². The van der Waals surface area contributed by atoms with Gasteiger partial charge >= 0.3 is 0 Å². The van der Waals surface area contributed by atoms with Crippen LogP contribution in [0.15, 0.2) is 42.5 Å². The number of halogens is 2. The van der Waals surface area contributed by atoms with Crippen LogP contribution in [0.1, 0.15) is 35.8 Å². The van der Waals surface area contributed by atoms with Gasteiger partial charge in [0.15, 0.2) is 0 Å². The summed E-state index contributed by atoms with van der Waals surface area (Å²) in [5.74, 6) is -1.86. The van der Waals surface area contributed by atoms with E-state index in [1.807, 2.05) is 35.8 Å². The van der Waals surface area contributed by atoms with Crippen LogP contribution in [-0.4, -0.2) is 10.5 Å². The monoisotopic (exact) mass is 342 g/mol. The maximum absolute atomic E-state index is 13.9. The van der Waals surface area contributed by atoms with Gasteiger partial charge in [0.1, 0.15) is 17.3 Å². The Balaban J connectivity index is 2.04. The van der Waals surface area contributed by atoms with Gasteiger partial charge in [-0.15, -0.1) is 0 Å². The average molecular weight is 342 g/mol. The first-order valence-electron chi connectivity index (χ1n) is 8.37. The molecule has 130 valence electrons. The molecule has 0 saturated carbocycles. The number of hydrogen-bond acceptors (Lipinski definition) is 1. The number of para-hydroxylation sites is 1. The van der Waals surface area contributed by atoms with Gasteiger partial charge in [0.25, 0.3) is 5.91 Å². The molecule has 0 aliphatic carbocycles. The van der Waals surface area contributed by atoms with Crippen LogP contribution in [0.2, 0.25) is 0 Å². The van der Waals surface area contributed by atoms with E-state index in [4.69, 9.17) is 0 Å². The Bertz CT molecular complexity index is 931. The maximum Gasteiger partial charge on any atom is 0.272 e. The largest absolute Gasteiger partial charge is 0.336 e. The molecule has 0 radical (unpaired) electrons. The quantitative estimate of drug-likeness (QED) is 0.672. The Labute approximate surface area is 145 Å². The van der Waals surface area contributed by atoms with E-state index in [1.165, 1.54) is 6.07 Å². The Morgan fingerprint density at radius 3 is 2.64 bits per heavy atom. The zero-order valence-electron chi connectivity index (χ0n) is 14.3. The summed E-state index contributed by atoms with van der Waals surface area (Å²) in [6.07, 6.45) is 1.93. The number of aromatic nitrogens is 1. The van der Waals surface area contributed by atoms with Crippen LogP contribution < -0.4 is 5.32 Å². The van der Waals surface area contributed by atoms with E-state index in [-0.39, 0.29) is 5.69 Å². The van der Waals surface area contributed by atoms with Crippen LogP contribution >= 0.6 is 0 Å². The SMILES string of the molecule is CCCCn1c(C(=O)Nc2ccc(F)cc2F)c(C)c2ccccc21. The summed E-state index contributed by atoms with van der Waals surface area (Å²) in [5.41, 5.74) is 2.32. The number of anilines is 1. The van der Waals surface area contributed by atoms with Crippen molar-refractivity contribution < 1.29 is 13.6 Å². The molecular formula is C20H20F2N2O. The number of rotatable bonds is 5. The minimum absolute atomic E-state index is 0.0295. The number of benzene rings is 2. The number of unbranched alkanes of at least 4 members (excludes halogenated alkanes) is 1. The van der Waals surface area contributed by atoms with Gasteiger partial charge in [-0.1, -0.05) is 31.5 Å². The van der Waals surface area contributed by atoms with Crippen molar-refractivity contribution in [2.45, 2.75) is 33.2 Å². The fraction of sp³-hybridized carbons (Fsp3) is 0.250. The molecule has 1 heterocycles. The third kappa shape index (κ3) is 3.27. The molecule has 3 aromatic rings. The van der Waals surface area contributed by atoms with Crippen molar-refractivity contribution in [3.05, 3.63) is 65.4 Å². The highest BCUT2D eigenvalue weighted by atomic mass is 19.1. The van der Waals surface area contributed by atoms with E-state index in [9.17, 15) is 13.6 Å². The van der Waals surface area contributed by atoms with Crippen molar-refractivity contribution >= 4 is 22.5 Å². The molecule has 3 rings (SSSR count). The van der Waals surface area contributed by atoms with Gasteiger partial charge in [-0.05, 0) is 37.1 Å². The van der Waals surface area contributed by atoms with Crippen LogP contribution in [0, 0.1) is 18.6 Å². The van der Waals surface area contributed by atoms with Gasteiger partial charge in [-0.2, -0.15) is 0 Å². The molecule has 1 aromatic heterocycles. The standard InChI is InChI=1S/C20H20F2N2O/c1-3-4-11-24-18-8-6-5-7-15(18)13(2)19(24)20(25)23-17-10-9-14(21)12-16(17)22/h5-10,12H,3-4,11H2,1-2H3,(H,23,25). The van der Waals surface area contributed by atoms with E-state index in [2.05, 4.69) is 12.2 Å². The zero-order valence-corrected chi connectivity index (χ0v) is 14.3. The summed E-state index contributed by atoms with van der Waals surface area (Å²) in [6, 6.07) is 10.9. The predicted molar refractivity (Wildman–Crippen MR) is 95.9 cm³/mol. The lowest BCUT2D eigenvalue weighted by Crippen LogP contribution is -2.19. The van der Waals surface area contributed by atoms with Gasteiger partial charge in [-0.25, -0.2) is 8.78 Å². The molecule has 2 aromatic carbocycles. The van der Waals surface area contributed by atoms with Crippen LogP contribution in [-0.2, 0) is 6.54 Å². The fourth-order valence-electron chi connectivity index (χ4n) is 3.09. The first kappa shape index (κ1) is 17.1. The minimum Gasteiger partial charge on any atom is -0.336 e. The summed E-state index contributed by atoms with van der Waals surface area (Å²) < 4.78 is 28.9. The second-order valence-electron chi connectivity index (χ2n) is 6.07. The smallest absolute Gasteiger partial charge is 0.272 e. The van der Waals surface area contributed by atoms with Crippen LogP contribution in [0.3, 0.4) is 0 Å². The lowest BCUT2D eigenvalue weighted by atomic mass is 10.1. The molecule has 0 bridgehead atoms. The van der Waals surface area contributed by atoms with Gasteiger partial charge < -0.3 is 9.88 Å². The summed E-state index contributed by atoms with van der Waals surface area (Å²) in [5, 5.41) is 3.57. The van der Waals surface area contributed by atoms with Crippen LogP contribution in [0.4, 0.5) is 14.5 Å². The van der Waals surface area contributed by atoms with E-state index in [0.29, 0.717) is 12.2 Å². The molecule has 0 aliphatic rings. The van der Waals surface area contributed by atoms with Gasteiger partial charge in [-0.3, -0.25) is 4.79 Å². The first-order chi connectivity index (χ1) is 12.0. The highest BCUT2D eigenvalue weighted by Gasteiger charge is 2.20. The predicted octanol–water partition coefficient (Wildman–Crippen LogP) is 5.28. The number of fused-ring (bicyclic) bond motifs is 1. The molecule has 1 N–H and O–H groups in total. The summed E-state index contributed by atoms with van der Waals surface area (Å²) in [7, 11) is 0. The second kappa shape index (κ2) is 7.05. The van der Waals surface area contributed by atoms with Crippen molar-refractivity contribution in [2.24, 2.45) is 0 Å². The van der Waals surface area contributed by atoms with Crippen LogP contribution in [0.5, 0.6) is 0 Å². The molecule has 0 unspecified atom stereocenters. The number of aryl methyl sites for hydroxylation is 2. The lowest BCUT2D eigenvalue weighted by molar-refractivity contribution is 0.101. The molecule has 0 fully saturated rings. The highest BCUT2D eigenvalue weighted by molar-refractivity contribution is 6.08. The van der Waals surface area contributed by atoms with Crippen molar-refractivity contribution in [3.8, 4) is 0 Å². The average Bonchev–Trinajstić information content (AvgIpc) is 2.88. The Kier molecular flexibility index (Phi) is 4.83. The molecule has 0 atom stereocenters. The van der Waals surface area contributed by atoms with E-state index in [1.54, 1.807) is 0 Å². The first-order valence-corrected chi connectivity index (χ1v) is 8.37. The molecular weight excluding hydrogens is 322 g/mol. The lowest BCUT2D eigenvalue weighted by Gasteiger charge is -2.12. The molecule has 1 amide bonds. The molecule has 5 heteroatoms. The van der Waals surface area contributed by atoms with Crippen molar-refractivity contribution in [2.75, 3.05) is 5.32 Å². The molecule has 0 saturated heterocycles. The number of amides is 1. The third-order valence-electron chi connectivity index (χ3n) is 4.35. The summed E-state index contributed by atoms with van der Waals surface area (Å²) in [4.78, 5) is 12.8. The maximum atomic E-state index is 13.9. The molecule has 3 nitrogen and oxygen atoms in total. The number of carbonyl (C=O) groups excluding carboxylic acids is 1. The fourth-order valence-corrected chi connectivity index (χ4v) is 3.09. The van der Waals surface area contributed by atoms with Gasteiger partial charge in [0, 0.05) is 23.5 Å². The highest BCUT2D eigenvalue weighted by Crippen LogP contribution is 2.27. The Hall–Kier alpha value is -2.69. The number of nitrogens with one attached hydrogen (secondary N) is 1. The number of nitrogens with zero attached hydrogens (tertiary/aromatic N) is 1. The van der Waals surface area contributed by atoms with Crippen molar-refractivity contribution in [1.82, 2.24) is 4.57 Å². The Morgan fingerprint density at radius 1 is 1.16 bits per heavy atom. The summed E-state index contributed by atoms with van der Waals surface area (Å²) >= 11 is 0. The van der Waals surface area contributed by atoms with E-state index >= 15 is 0 Å².